The van der Waals surface area contributed by atoms with E-state index in [2.05, 4.69) is 59.7 Å². The molecule has 518 valence electrons. The molecule has 1 aromatic heterocycles. The van der Waals surface area contributed by atoms with Crippen LogP contribution in [0.2, 0.25) is 0 Å². The number of anilines is 9. The molecule has 0 radical (unpaired) electrons. The van der Waals surface area contributed by atoms with Crippen LogP contribution in [-0.2, 0) is 28.1 Å². The molecule has 0 spiro atoms. The number of para-hydroxylation sites is 2. The first-order chi connectivity index (χ1) is 62.3. The van der Waals surface area contributed by atoms with E-state index in [-0.39, 0.29) is 112 Å². The van der Waals surface area contributed by atoms with Crippen molar-refractivity contribution in [3.8, 4) is 61.3 Å². The zero-order valence-electron chi connectivity index (χ0n) is 87.9. The van der Waals surface area contributed by atoms with E-state index in [4.69, 9.17) is 0 Å². The number of rotatable bonds is 9. The van der Waals surface area contributed by atoms with Gasteiger partial charge in [0.05, 0.1) is 99.2 Å². The van der Waals surface area contributed by atoms with Gasteiger partial charge in [-0.1, -0.05) is 313 Å². The number of fused-ring (bicyclic) bond motifs is 9. The second-order valence-electron chi connectivity index (χ2n) is 31.8. The van der Waals surface area contributed by atoms with Gasteiger partial charge in [-0.05, 0) is 190 Å². The fourth-order valence-electron chi connectivity index (χ4n) is 15.5. The third kappa shape index (κ3) is 11.2. The lowest BCUT2D eigenvalue weighted by Gasteiger charge is -2.49. The van der Waals surface area contributed by atoms with Gasteiger partial charge >= 0.3 is 0 Å². The van der Waals surface area contributed by atoms with Crippen molar-refractivity contribution in [2.75, 3.05) is 14.7 Å². The normalized spacial score (nSPS) is 17.1. The summed E-state index contributed by atoms with van der Waals surface area (Å²) in [5.74, 6) is -0.849. The molecule has 0 fully saturated rings. The largest absolute Gasteiger partial charge is 0.309 e. The van der Waals surface area contributed by atoms with Crippen LogP contribution in [0.3, 0.4) is 0 Å². The van der Waals surface area contributed by atoms with Crippen LogP contribution >= 0.6 is 0 Å². The highest BCUT2D eigenvalue weighted by Crippen LogP contribution is 2.68. The molecule has 0 saturated heterocycles. The second kappa shape index (κ2) is 25.0. The summed E-state index contributed by atoms with van der Waals surface area (Å²) in [6.07, 6.45) is 0.444. The van der Waals surface area contributed by atoms with Gasteiger partial charge < -0.3 is 19.3 Å². The van der Waals surface area contributed by atoms with Gasteiger partial charge in [0.15, 0.2) is 0 Å². The Balaban J connectivity index is 1.16. The first-order valence-electron chi connectivity index (χ1n) is 49.2. The number of hydrogen-bond donors (Lipinski definition) is 0. The molecule has 18 rings (SSSR count). The maximum atomic E-state index is 10.3. The summed E-state index contributed by atoms with van der Waals surface area (Å²) >= 11 is 0. The molecular formula is C102H90N4. The lowest BCUT2D eigenvalue weighted by atomic mass is 9.74. The predicted octanol–water partition coefficient (Wildman–Crippen LogP) is 28.4. The van der Waals surface area contributed by atoms with Crippen molar-refractivity contribution in [3.05, 3.63) is 359 Å². The first-order valence-corrected chi connectivity index (χ1v) is 35.7. The summed E-state index contributed by atoms with van der Waals surface area (Å²) in [5.41, 5.74) is 3.33. The molecule has 4 heteroatoms. The van der Waals surface area contributed by atoms with Crippen LogP contribution in [-0.4, -0.2) is 4.57 Å². The Bertz CT molecular complexity index is 7350. The van der Waals surface area contributed by atoms with Crippen LogP contribution in [0.25, 0.3) is 83.1 Å². The molecule has 0 unspecified atom stereocenters. The Labute approximate surface area is 664 Å². The maximum absolute atomic E-state index is 10.3. The van der Waals surface area contributed by atoms with Gasteiger partial charge in [-0.25, -0.2) is 0 Å². The van der Waals surface area contributed by atoms with Crippen molar-refractivity contribution in [2.24, 2.45) is 0 Å². The Morgan fingerprint density at radius 3 is 1.11 bits per heavy atom. The highest BCUT2D eigenvalue weighted by molar-refractivity contribution is 6.18. The van der Waals surface area contributed by atoms with Crippen molar-refractivity contribution in [2.45, 2.75) is 117 Å². The average Bonchev–Trinajstić information content (AvgIpc) is 1.35. The van der Waals surface area contributed by atoms with E-state index in [9.17, 15) is 37.0 Å². The minimum Gasteiger partial charge on any atom is -0.309 e. The van der Waals surface area contributed by atoms with Gasteiger partial charge in [-0.3, -0.25) is 0 Å². The molecule has 0 atom stereocenters. The smallest absolute Gasteiger partial charge is 0.0948 e. The van der Waals surface area contributed by atoms with Crippen molar-refractivity contribution < 1.29 is 37.0 Å². The SMILES string of the molecule is [2H]c1cc([2H])c([2H])c(-c2cc(C(C)(C)C)cc(-c3c([2H])c([2H])c([2H])c([2H])c3[2H])c2N2c3cc(-c4cc(C(C)(C)C)cc(C(C)(C)C)c4)ccc3N3c4ccc(-n5c6c([2H])c([2H])c([2H])c([2H])c6c6c([2H])c([2H])c([2H])c([2H])c65)cc4N(c4c(-c5c([2H])c([2H])c([2H])c([2H])c5[2H])cc(C(C)(C)C)cc4-c4c([2H])c([2H])c([2H])c([2H])c4[2H])c4cc(C5c6ccccc6Cc6ccccc65)cc2c43)c1[2H]. The number of aromatic nitrogens is 1. The third-order valence-electron chi connectivity index (χ3n) is 20.9. The molecule has 1 aliphatic carbocycles. The summed E-state index contributed by atoms with van der Waals surface area (Å²) in [4.78, 5) is 5.49. The zero-order valence-corrected chi connectivity index (χ0v) is 60.9. The predicted molar refractivity (Wildman–Crippen MR) is 451 cm³/mol. The number of nitrogens with zero attached hydrogens (tertiary/aromatic N) is 4. The topological polar surface area (TPSA) is 14.7 Å². The van der Waals surface area contributed by atoms with Crippen LogP contribution in [0.5, 0.6) is 0 Å². The Kier molecular flexibility index (Phi) is 10.1. The summed E-state index contributed by atoms with van der Waals surface area (Å²) < 4.78 is 265. The van der Waals surface area contributed by atoms with E-state index in [1.54, 1.807) is 47.4 Å². The minimum atomic E-state index is -1.04. The second-order valence-corrected chi connectivity index (χ2v) is 31.8. The molecule has 3 heterocycles. The quantitative estimate of drug-likeness (QED) is 0.143. The fraction of sp³-hybridized carbons (Fsp3) is 0.176. The minimum absolute atomic E-state index is 0.0131. The summed E-state index contributed by atoms with van der Waals surface area (Å²) in [5, 5.41) is -0.547. The Hall–Kier alpha value is -11.7. The van der Waals surface area contributed by atoms with Crippen LogP contribution in [0.4, 0.5) is 51.2 Å². The van der Waals surface area contributed by atoms with Gasteiger partial charge in [0.1, 0.15) is 0 Å². The maximum Gasteiger partial charge on any atom is 0.0948 e. The van der Waals surface area contributed by atoms with E-state index < -0.39 is 202 Å². The molecule has 0 bridgehead atoms. The fourth-order valence-corrected chi connectivity index (χ4v) is 15.5. The average molecular weight is 1400 g/mol. The highest BCUT2D eigenvalue weighted by atomic mass is 15.3. The molecule has 0 saturated carbocycles. The molecule has 0 amide bonds. The van der Waals surface area contributed by atoms with Gasteiger partial charge in [-0.15, -0.1) is 0 Å². The molecule has 3 aliphatic rings. The van der Waals surface area contributed by atoms with Crippen molar-refractivity contribution >= 4 is 73.0 Å². The number of benzene rings is 14. The van der Waals surface area contributed by atoms with Crippen molar-refractivity contribution in [3.63, 3.8) is 0 Å². The monoisotopic (exact) mass is 1400 g/mol. The van der Waals surface area contributed by atoms with Gasteiger partial charge in [-0.2, -0.15) is 0 Å². The van der Waals surface area contributed by atoms with Gasteiger partial charge in [0, 0.05) is 44.6 Å². The third-order valence-corrected chi connectivity index (χ3v) is 20.9. The van der Waals surface area contributed by atoms with Gasteiger partial charge in [0.25, 0.3) is 0 Å². The van der Waals surface area contributed by atoms with Gasteiger partial charge in [0.2, 0.25) is 0 Å². The van der Waals surface area contributed by atoms with Crippen molar-refractivity contribution in [1.82, 2.24) is 4.57 Å². The van der Waals surface area contributed by atoms with Crippen LogP contribution in [0.15, 0.2) is 309 Å². The lowest BCUT2D eigenvalue weighted by Crippen LogP contribution is -2.32. The van der Waals surface area contributed by atoms with Crippen LogP contribution < -0.4 is 14.7 Å². The van der Waals surface area contributed by atoms with Crippen LogP contribution in [0, 0.1) is 0 Å². The molecule has 106 heavy (non-hydrogen) atoms. The van der Waals surface area contributed by atoms with E-state index in [1.807, 2.05) is 130 Å². The highest BCUT2D eigenvalue weighted by Gasteiger charge is 2.45. The molecule has 2 aliphatic heterocycles. The number of hydrogen-bond acceptors (Lipinski definition) is 3. The standard InChI is InChI=1S/C102H90N4/c1-99(2,3)74-54-72(55-75(59-74)100(4,5)6)69-49-51-89-91(56-69)105(96-83(65-33-17-13-18-34-65)60-76(101(7,8)9)61-84(96)66-35-19-14-20-36-66)93-57-73(95-79-43-27-25-41-70(79)53-71-42-26-28-44-80(71)95)58-94-98(93)104(89)90-52-50-78(103-87-47-31-29-45-81(87)82-46-30-32-48-88(82)103)64-92(90)106(94)97-85(67-37-21-15-22-38-67)62-77(102(10,11)12)63-86(97)68-39-23-16-24-40-68/h13-52,54-64,95H,53H2,1-12H3/i13D,15D,16D,17D,18D,19D,20D,21D,22D,23D,24D,29D,30D,31D,32D,33D,34D,35D,36D,37D,38D,39D,40D,45D,46D,47D,48D. The summed E-state index contributed by atoms with van der Waals surface area (Å²) in [7, 11) is 0. The summed E-state index contributed by atoms with van der Waals surface area (Å²) in [6.45, 7) is 23.9. The molecule has 15 aromatic rings. The Morgan fingerprint density at radius 2 is 0.670 bits per heavy atom. The molecule has 0 N–H and O–H groups in total. The lowest BCUT2D eigenvalue weighted by molar-refractivity contribution is 0.569. The van der Waals surface area contributed by atoms with E-state index in [0.29, 0.717) is 28.7 Å². The molecular weight excluding hydrogens is 1280 g/mol. The van der Waals surface area contributed by atoms with Crippen LogP contribution in [0.1, 0.15) is 176 Å². The zero-order chi connectivity index (χ0) is 96.2. The van der Waals surface area contributed by atoms with E-state index in [0.717, 1.165) is 45.0 Å². The van der Waals surface area contributed by atoms with E-state index >= 15 is 0 Å². The first kappa shape index (κ1) is 42.9. The Morgan fingerprint density at radius 1 is 0.292 bits per heavy atom. The summed E-state index contributed by atoms with van der Waals surface area (Å²) in [6, 6.07) is 25.9. The molecule has 14 aromatic carbocycles. The van der Waals surface area contributed by atoms with Crippen molar-refractivity contribution in [1.29, 1.82) is 0 Å². The molecule has 4 nitrogen and oxygen atoms in total. The van der Waals surface area contributed by atoms with E-state index in [1.165, 1.54) is 4.57 Å².